The van der Waals surface area contributed by atoms with Crippen LogP contribution in [0.4, 0.5) is 0 Å². The lowest BCUT2D eigenvalue weighted by Crippen LogP contribution is -2.10. The van der Waals surface area contributed by atoms with Crippen LogP contribution in [0.25, 0.3) is 0 Å². The molecular formula is C17H17O2+. The Morgan fingerprint density at radius 3 is 2.26 bits per heavy atom. The van der Waals surface area contributed by atoms with E-state index in [1.54, 1.807) is 7.11 Å². The first-order valence-electron chi connectivity index (χ1n) is 6.43. The van der Waals surface area contributed by atoms with Crippen molar-refractivity contribution in [3.8, 4) is 5.75 Å². The molecule has 19 heavy (non-hydrogen) atoms. The highest BCUT2D eigenvalue weighted by Gasteiger charge is 2.45. The maximum Gasteiger partial charge on any atom is 0.363 e. The smallest absolute Gasteiger partial charge is 0.363 e. The monoisotopic (exact) mass is 253 g/mol. The van der Waals surface area contributed by atoms with Crippen molar-refractivity contribution < 1.29 is 9.16 Å². The molecule has 2 aromatic carbocycles. The van der Waals surface area contributed by atoms with E-state index in [-0.39, 0.29) is 5.60 Å². The molecule has 1 heterocycles. The minimum absolute atomic E-state index is 0.299. The van der Waals surface area contributed by atoms with Gasteiger partial charge in [-0.15, -0.1) is 0 Å². The molecule has 0 unspecified atom stereocenters. The second-order valence-electron chi connectivity index (χ2n) is 5.19. The maximum absolute atomic E-state index is 6.18. The van der Waals surface area contributed by atoms with Gasteiger partial charge in [0, 0.05) is 13.8 Å². The van der Waals surface area contributed by atoms with Crippen molar-refractivity contribution in [2.24, 2.45) is 0 Å². The van der Waals surface area contributed by atoms with Gasteiger partial charge in [0.2, 0.25) is 0 Å². The number of methoxy groups -OCH3 is 1. The van der Waals surface area contributed by atoms with Crippen LogP contribution < -0.4 is 4.74 Å². The van der Waals surface area contributed by atoms with Crippen molar-refractivity contribution in [2.45, 2.75) is 19.4 Å². The van der Waals surface area contributed by atoms with Crippen molar-refractivity contribution in [1.82, 2.24) is 0 Å². The van der Waals surface area contributed by atoms with Gasteiger partial charge in [0.15, 0.2) is 0 Å². The molecule has 0 aliphatic carbocycles. The second-order valence-corrected chi connectivity index (χ2v) is 5.19. The van der Waals surface area contributed by atoms with Gasteiger partial charge in [0.05, 0.1) is 18.2 Å². The molecule has 1 aliphatic heterocycles. The van der Waals surface area contributed by atoms with Crippen LogP contribution in [0.2, 0.25) is 0 Å². The van der Waals surface area contributed by atoms with Crippen LogP contribution in [-0.4, -0.2) is 12.9 Å². The first-order valence-corrected chi connectivity index (χ1v) is 6.43. The number of fused-ring (bicyclic) bond motifs is 1. The molecule has 0 amide bonds. The minimum atomic E-state index is -0.299. The average Bonchev–Trinajstić information content (AvgIpc) is 2.71. The molecule has 2 aromatic rings. The number of para-hydroxylation sites is 1. The summed E-state index contributed by atoms with van der Waals surface area (Å²) in [6.07, 6.45) is 0. The fourth-order valence-corrected chi connectivity index (χ4v) is 2.60. The lowest BCUT2D eigenvalue weighted by Gasteiger charge is -2.03. The Morgan fingerprint density at radius 2 is 1.53 bits per heavy atom. The third kappa shape index (κ3) is 1.84. The minimum Gasteiger partial charge on any atom is -0.496 e. The maximum atomic E-state index is 6.18. The molecule has 3 rings (SSSR count). The number of ketones is 1. The number of hydrogen-bond donors (Lipinski definition) is 0. The third-order valence-electron chi connectivity index (χ3n) is 3.53. The number of rotatable bonds is 2. The van der Waals surface area contributed by atoms with Crippen LogP contribution in [0.1, 0.15) is 35.0 Å². The van der Waals surface area contributed by atoms with Crippen LogP contribution >= 0.6 is 0 Å². The van der Waals surface area contributed by atoms with Gasteiger partial charge in [-0.05, 0) is 24.3 Å². The van der Waals surface area contributed by atoms with E-state index >= 15 is 0 Å². The summed E-state index contributed by atoms with van der Waals surface area (Å²) in [6.45, 7) is 4.18. The number of ether oxygens (including phenoxy) is 1. The zero-order valence-electron chi connectivity index (χ0n) is 11.4. The predicted octanol–water partition coefficient (Wildman–Crippen LogP) is 3.71. The van der Waals surface area contributed by atoms with E-state index in [2.05, 4.69) is 32.0 Å². The standard InChI is InChI=1S/C17H17O2/c1-17(2)14-10-6-4-8-12(14)16(19-17)13-9-5-7-11-15(13)18-3/h4-11H,1-3H3/q+1. The Labute approximate surface area is 113 Å². The third-order valence-corrected chi connectivity index (χ3v) is 3.53. The van der Waals surface area contributed by atoms with E-state index in [9.17, 15) is 0 Å². The van der Waals surface area contributed by atoms with Crippen LogP contribution in [-0.2, 0) is 5.60 Å². The fourth-order valence-electron chi connectivity index (χ4n) is 2.60. The molecule has 0 saturated heterocycles. The molecule has 96 valence electrons. The molecule has 1 aliphatic rings. The quantitative estimate of drug-likeness (QED) is 0.747. The van der Waals surface area contributed by atoms with Crippen LogP contribution in [0.15, 0.2) is 48.5 Å². The Bertz CT molecular complexity index is 654. The Hall–Kier alpha value is -2.09. The van der Waals surface area contributed by atoms with Crippen molar-refractivity contribution in [1.29, 1.82) is 0 Å². The lowest BCUT2D eigenvalue weighted by molar-refractivity contribution is -0.378. The summed E-state index contributed by atoms with van der Waals surface area (Å²) in [5, 5.41) is 0. The normalized spacial score (nSPS) is 15.8. The molecule has 0 spiro atoms. The summed E-state index contributed by atoms with van der Waals surface area (Å²) in [5.41, 5.74) is 3.07. The highest BCUT2D eigenvalue weighted by Crippen LogP contribution is 2.37. The fraction of sp³-hybridized carbons (Fsp3) is 0.235. The number of carbonyl (C=O) groups excluding carboxylic acids is 1. The van der Waals surface area contributed by atoms with Crippen LogP contribution in [0.5, 0.6) is 5.75 Å². The molecule has 0 N–H and O–H groups in total. The summed E-state index contributed by atoms with van der Waals surface area (Å²) in [6, 6.07) is 16.3. The van der Waals surface area contributed by atoms with E-state index in [0.29, 0.717) is 0 Å². The van der Waals surface area contributed by atoms with Crippen molar-refractivity contribution >= 4 is 5.78 Å². The Kier molecular flexibility index (Phi) is 2.67. The topological polar surface area (TPSA) is 20.5 Å². The first-order chi connectivity index (χ1) is 9.13. The van der Waals surface area contributed by atoms with Gasteiger partial charge in [-0.2, -0.15) is 0 Å². The summed E-state index contributed by atoms with van der Waals surface area (Å²) in [4.78, 5) is 0. The average molecular weight is 253 g/mol. The SMILES string of the molecule is COc1ccccc1C1=[O+]C(C)(C)c2ccccc21. The molecule has 0 saturated carbocycles. The predicted molar refractivity (Wildman–Crippen MR) is 75.9 cm³/mol. The molecule has 0 bridgehead atoms. The van der Waals surface area contributed by atoms with E-state index in [0.717, 1.165) is 22.7 Å². The Morgan fingerprint density at radius 1 is 0.895 bits per heavy atom. The van der Waals surface area contributed by atoms with Crippen molar-refractivity contribution in [3.05, 3.63) is 65.2 Å². The van der Waals surface area contributed by atoms with Crippen LogP contribution in [0, 0.1) is 0 Å². The van der Waals surface area contributed by atoms with Gasteiger partial charge in [0.25, 0.3) is 0 Å². The molecule has 0 radical (unpaired) electrons. The number of benzene rings is 2. The lowest BCUT2D eigenvalue weighted by atomic mass is 9.92. The van der Waals surface area contributed by atoms with E-state index in [4.69, 9.17) is 9.16 Å². The summed E-state index contributed by atoms with van der Waals surface area (Å²) >= 11 is 0. The number of hydrogen-bond acceptors (Lipinski definition) is 1. The van der Waals surface area contributed by atoms with Gasteiger partial charge >= 0.3 is 11.4 Å². The molecule has 0 atom stereocenters. The highest BCUT2D eigenvalue weighted by atomic mass is 16.5. The van der Waals surface area contributed by atoms with Crippen LogP contribution in [0.3, 0.4) is 0 Å². The molecule has 0 fully saturated rings. The zero-order valence-corrected chi connectivity index (χ0v) is 11.4. The van der Waals surface area contributed by atoms with Crippen molar-refractivity contribution in [3.63, 3.8) is 0 Å². The van der Waals surface area contributed by atoms with E-state index in [1.165, 1.54) is 5.56 Å². The van der Waals surface area contributed by atoms with Gasteiger partial charge in [-0.25, -0.2) is 4.42 Å². The molecule has 2 heteroatoms. The zero-order chi connectivity index (χ0) is 13.5. The molecular weight excluding hydrogens is 236 g/mol. The van der Waals surface area contributed by atoms with E-state index in [1.807, 2.05) is 30.3 Å². The summed E-state index contributed by atoms with van der Waals surface area (Å²) in [5.74, 6) is 1.74. The van der Waals surface area contributed by atoms with Gasteiger partial charge < -0.3 is 4.74 Å². The summed E-state index contributed by atoms with van der Waals surface area (Å²) < 4.78 is 11.6. The largest absolute Gasteiger partial charge is 0.496 e. The Balaban J connectivity index is 2.22. The van der Waals surface area contributed by atoms with Crippen molar-refractivity contribution in [2.75, 3.05) is 7.11 Å². The van der Waals surface area contributed by atoms with Gasteiger partial charge in [0.1, 0.15) is 11.3 Å². The van der Waals surface area contributed by atoms with Gasteiger partial charge in [-0.1, -0.05) is 24.3 Å². The molecule has 2 nitrogen and oxygen atoms in total. The first kappa shape index (κ1) is 12.0. The highest BCUT2D eigenvalue weighted by molar-refractivity contribution is 6.13. The summed E-state index contributed by atoms with van der Waals surface area (Å²) in [7, 11) is 1.69. The molecule has 0 aromatic heterocycles. The van der Waals surface area contributed by atoms with E-state index < -0.39 is 0 Å². The van der Waals surface area contributed by atoms with Gasteiger partial charge in [-0.3, -0.25) is 0 Å². The second kappa shape index (κ2) is 4.23.